The van der Waals surface area contributed by atoms with E-state index in [1.165, 1.54) is 5.56 Å². The van der Waals surface area contributed by atoms with Gasteiger partial charge in [-0.2, -0.15) is 0 Å². The van der Waals surface area contributed by atoms with Gasteiger partial charge in [0.05, 0.1) is 0 Å². The number of nitrogens with one attached hydrogen (secondary N) is 2. The zero-order chi connectivity index (χ0) is 27.6. The topological polar surface area (TPSA) is 77.6 Å². The molecule has 1 saturated heterocycles. The van der Waals surface area contributed by atoms with Gasteiger partial charge in [-0.25, -0.2) is 4.98 Å². The van der Waals surface area contributed by atoms with Crippen molar-refractivity contribution in [3.63, 3.8) is 0 Å². The van der Waals surface area contributed by atoms with E-state index in [2.05, 4.69) is 32.5 Å². The summed E-state index contributed by atoms with van der Waals surface area (Å²) < 4.78 is 0. The number of benzene rings is 3. The average molecular weight is 554 g/mol. The van der Waals surface area contributed by atoms with Gasteiger partial charge in [-0.3, -0.25) is 14.5 Å². The number of rotatable bonds is 7. The molecule has 204 valence electrons. The summed E-state index contributed by atoms with van der Waals surface area (Å²) in [6, 6.07) is 21.2. The third-order valence-electron chi connectivity index (χ3n) is 7.67. The minimum Gasteiger partial charge on any atom is -0.322 e. The molecular formula is C32H32ClN5O2. The molecule has 6 rings (SSSR count). The summed E-state index contributed by atoms with van der Waals surface area (Å²) in [6.07, 6.45) is 3.66. The van der Waals surface area contributed by atoms with Crippen LogP contribution in [0.3, 0.4) is 0 Å². The lowest BCUT2D eigenvalue weighted by Crippen LogP contribution is -2.43. The number of nitrogens with zero attached hydrogens (tertiary/aromatic N) is 3. The SMILES string of the molecule is CN1CCN(Cc2ccc(C(=O)Nc3ccc(Cl)c(-c4ccc5cc(NC(=O)C6CC6)ncc5c4)c3)cc2)CC1. The number of halogens is 1. The van der Waals surface area contributed by atoms with E-state index in [4.69, 9.17) is 11.6 Å². The number of aromatic nitrogens is 1. The van der Waals surface area contributed by atoms with Gasteiger partial charge in [0.1, 0.15) is 5.82 Å². The molecule has 1 aromatic heterocycles. The van der Waals surface area contributed by atoms with E-state index in [1.54, 1.807) is 12.3 Å². The molecule has 0 unspecified atom stereocenters. The maximum absolute atomic E-state index is 13.0. The predicted octanol–water partition coefficient (Wildman–Crippen LogP) is 5.90. The van der Waals surface area contributed by atoms with Crippen LogP contribution in [-0.2, 0) is 11.3 Å². The van der Waals surface area contributed by atoms with E-state index in [-0.39, 0.29) is 17.7 Å². The summed E-state index contributed by atoms with van der Waals surface area (Å²) in [7, 11) is 2.15. The number of hydrogen-bond donors (Lipinski definition) is 2. The Hall–Kier alpha value is -3.78. The second-order valence-electron chi connectivity index (χ2n) is 10.8. The quantitative estimate of drug-likeness (QED) is 0.298. The first-order chi connectivity index (χ1) is 19.4. The summed E-state index contributed by atoms with van der Waals surface area (Å²) in [5, 5.41) is 8.41. The zero-order valence-electron chi connectivity index (χ0n) is 22.5. The second kappa shape index (κ2) is 11.4. The minimum atomic E-state index is -0.164. The van der Waals surface area contributed by atoms with Crippen LogP contribution in [0, 0.1) is 5.92 Å². The zero-order valence-corrected chi connectivity index (χ0v) is 23.2. The molecule has 2 heterocycles. The molecule has 2 aliphatic rings. The molecule has 0 spiro atoms. The van der Waals surface area contributed by atoms with E-state index < -0.39 is 0 Å². The van der Waals surface area contributed by atoms with Crippen molar-refractivity contribution in [3.8, 4) is 11.1 Å². The summed E-state index contributed by atoms with van der Waals surface area (Å²) in [5.74, 6) is 0.562. The Balaban J connectivity index is 1.14. The van der Waals surface area contributed by atoms with Crippen LogP contribution in [-0.4, -0.2) is 59.8 Å². The first-order valence-electron chi connectivity index (χ1n) is 13.7. The third kappa shape index (κ3) is 6.17. The highest BCUT2D eigenvalue weighted by Crippen LogP contribution is 2.34. The fourth-order valence-electron chi connectivity index (χ4n) is 5.00. The fourth-order valence-corrected chi connectivity index (χ4v) is 5.23. The van der Waals surface area contributed by atoms with Crippen molar-refractivity contribution in [1.29, 1.82) is 0 Å². The number of amides is 2. The third-order valence-corrected chi connectivity index (χ3v) is 8.00. The molecule has 1 saturated carbocycles. The van der Waals surface area contributed by atoms with Crippen LogP contribution < -0.4 is 10.6 Å². The largest absolute Gasteiger partial charge is 0.322 e. The van der Waals surface area contributed by atoms with Crippen LogP contribution in [0.25, 0.3) is 21.9 Å². The van der Waals surface area contributed by atoms with E-state index in [9.17, 15) is 9.59 Å². The Labute approximate surface area is 239 Å². The Morgan fingerprint density at radius 3 is 2.42 bits per heavy atom. The molecule has 2 amide bonds. The smallest absolute Gasteiger partial charge is 0.255 e. The maximum Gasteiger partial charge on any atom is 0.255 e. The molecule has 2 N–H and O–H groups in total. The Morgan fingerprint density at radius 2 is 1.68 bits per heavy atom. The molecule has 0 bridgehead atoms. The average Bonchev–Trinajstić information content (AvgIpc) is 3.81. The number of piperazine rings is 1. The highest BCUT2D eigenvalue weighted by molar-refractivity contribution is 6.33. The van der Waals surface area contributed by atoms with Gasteiger partial charge in [0.15, 0.2) is 0 Å². The van der Waals surface area contributed by atoms with Gasteiger partial charge < -0.3 is 15.5 Å². The van der Waals surface area contributed by atoms with Gasteiger partial charge >= 0.3 is 0 Å². The number of carbonyl (C=O) groups excluding carboxylic acids is 2. The Kier molecular flexibility index (Phi) is 7.52. The van der Waals surface area contributed by atoms with Gasteiger partial charge in [-0.15, -0.1) is 0 Å². The van der Waals surface area contributed by atoms with E-state index in [0.29, 0.717) is 22.1 Å². The monoisotopic (exact) mass is 553 g/mol. The summed E-state index contributed by atoms with van der Waals surface area (Å²) in [6.45, 7) is 5.19. The van der Waals surface area contributed by atoms with Crippen molar-refractivity contribution < 1.29 is 9.59 Å². The van der Waals surface area contributed by atoms with Crippen LogP contribution in [0.1, 0.15) is 28.8 Å². The van der Waals surface area contributed by atoms with Crippen LogP contribution in [0.2, 0.25) is 5.02 Å². The minimum absolute atomic E-state index is 0.0377. The van der Waals surface area contributed by atoms with Crippen molar-refractivity contribution in [1.82, 2.24) is 14.8 Å². The molecule has 4 aromatic rings. The van der Waals surface area contributed by atoms with Crippen LogP contribution in [0.5, 0.6) is 0 Å². The predicted molar refractivity (Wildman–Crippen MR) is 161 cm³/mol. The summed E-state index contributed by atoms with van der Waals surface area (Å²) >= 11 is 6.58. The lowest BCUT2D eigenvalue weighted by molar-refractivity contribution is -0.117. The fraction of sp³-hybridized carbons (Fsp3) is 0.281. The van der Waals surface area contributed by atoms with E-state index in [1.807, 2.05) is 60.7 Å². The molecule has 2 fully saturated rings. The number of hydrogen-bond acceptors (Lipinski definition) is 5. The Bertz CT molecular complexity index is 1560. The maximum atomic E-state index is 13.0. The molecular weight excluding hydrogens is 522 g/mol. The molecule has 8 heteroatoms. The number of pyridine rings is 1. The number of fused-ring (bicyclic) bond motifs is 1. The summed E-state index contributed by atoms with van der Waals surface area (Å²) in [4.78, 5) is 34.3. The molecule has 7 nitrogen and oxygen atoms in total. The van der Waals surface area contributed by atoms with Gasteiger partial charge in [0.25, 0.3) is 5.91 Å². The van der Waals surface area contributed by atoms with Crippen LogP contribution in [0.15, 0.2) is 72.9 Å². The van der Waals surface area contributed by atoms with Crippen molar-refractivity contribution in [3.05, 3.63) is 89.1 Å². The van der Waals surface area contributed by atoms with Crippen molar-refractivity contribution >= 4 is 45.7 Å². The van der Waals surface area contributed by atoms with Gasteiger partial charge in [-0.05, 0) is 78.9 Å². The van der Waals surface area contributed by atoms with Crippen LogP contribution >= 0.6 is 11.6 Å². The van der Waals surface area contributed by atoms with Crippen molar-refractivity contribution in [2.45, 2.75) is 19.4 Å². The van der Waals surface area contributed by atoms with Crippen molar-refractivity contribution in [2.24, 2.45) is 5.92 Å². The van der Waals surface area contributed by atoms with E-state index in [0.717, 1.165) is 67.5 Å². The number of carbonyl (C=O) groups is 2. The normalized spacial score (nSPS) is 16.1. The number of anilines is 2. The molecule has 40 heavy (non-hydrogen) atoms. The molecule has 0 atom stereocenters. The Morgan fingerprint density at radius 1 is 0.900 bits per heavy atom. The number of likely N-dealkylation sites (N-methyl/N-ethyl adjacent to an activating group) is 1. The van der Waals surface area contributed by atoms with Gasteiger partial charge in [0.2, 0.25) is 5.91 Å². The highest BCUT2D eigenvalue weighted by atomic mass is 35.5. The molecule has 3 aromatic carbocycles. The molecule has 1 aliphatic heterocycles. The lowest BCUT2D eigenvalue weighted by Gasteiger charge is -2.32. The first kappa shape index (κ1) is 26.4. The van der Waals surface area contributed by atoms with Gasteiger partial charge in [-0.1, -0.05) is 35.9 Å². The summed E-state index contributed by atoms with van der Waals surface area (Å²) in [5.41, 5.74) is 4.22. The second-order valence-corrected chi connectivity index (χ2v) is 11.2. The van der Waals surface area contributed by atoms with E-state index >= 15 is 0 Å². The molecule has 1 aliphatic carbocycles. The van der Waals surface area contributed by atoms with Crippen LogP contribution in [0.4, 0.5) is 11.5 Å². The lowest BCUT2D eigenvalue weighted by atomic mass is 10.0. The standard InChI is InChI=1S/C32H32ClN5O2/c1-37-12-14-38(15-13-37)20-21-2-4-22(5-3-21)31(39)35-27-10-11-29(33)28(18-27)25-9-8-24-17-30(34-19-26(24)16-25)36-32(40)23-6-7-23/h2-5,8-11,16-19,23H,6-7,12-15,20H2,1H3,(H,35,39)(H,34,36,40). The van der Waals surface area contributed by atoms with Gasteiger partial charge in [0, 0.05) is 72.1 Å². The molecule has 0 radical (unpaired) electrons. The first-order valence-corrected chi connectivity index (χ1v) is 14.1. The highest BCUT2D eigenvalue weighted by Gasteiger charge is 2.29. The van der Waals surface area contributed by atoms with Crippen molar-refractivity contribution in [2.75, 3.05) is 43.9 Å².